The van der Waals surface area contributed by atoms with Gasteiger partial charge in [0.25, 0.3) is 0 Å². The molecular formula is C21H19N5O3. The molecule has 1 aliphatic rings. The second-order valence-corrected chi connectivity index (χ2v) is 7.24. The molecule has 4 aromatic rings. The summed E-state index contributed by atoms with van der Waals surface area (Å²) in [5.74, 6) is 0.586. The van der Waals surface area contributed by atoms with E-state index in [0.717, 1.165) is 40.8 Å². The molecule has 0 saturated heterocycles. The SMILES string of the molecule is O=C(O)N[C@H]1CC[C@@H](n2nncc2-c2ccc(-c3nc4ccccc4o3)cc2)C1. The molecule has 1 aliphatic carbocycles. The first-order valence-electron chi connectivity index (χ1n) is 9.53. The largest absolute Gasteiger partial charge is 0.465 e. The van der Waals surface area contributed by atoms with Crippen LogP contribution >= 0.6 is 0 Å². The van der Waals surface area contributed by atoms with Crippen LogP contribution in [0.5, 0.6) is 0 Å². The van der Waals surface area contributed by atoms with Crippen LogP contribution in [0.3, 0.4) is 0 Å². The number of hydrogen-bond donors (Lipinski definition) is 2. The normalized spacial score (nSPS) is 18.9. The molecule has 0 aliphatic heterocycles. The van der Waals surface area contributed by atoms with Crippen LogP contribution in [0.1, 0.15) is 25.3 Å². The number of benzene rings is 2. The first kappa shape index (κ1) is 17.4. The maximum absolute atomic E-state index is 10.9. The minimum atomic E-state index is -0.982. The summed E-state index contributed by atoms with van der Waals surface area (Å²) in [7, 11) is 0. The van der Waals surface area contributed by atoms with Gasteiger partial charge in [-0.3, -0.25) is 0 Å². The van der Waals surface area contributed by atoms with Crippen LogP contribution in [-0.4, -0.2) is 37.2 Å². The van der Waals surface area contributed by atoms with Crippen molar-refractivity contribution in [2.75, 3.05) is 0 Å². The molecule has 2 aromatic carbocycles. The first-order chi connectivity index (χ1) is 14.2. The van der Waals surface area contributed by atoms with Crippen molar-refractivity contribution in [3.8, 4) is 22.7 Å². The molecule has 0 spiro atoms. The highest BCUT2D eigenvalue weighted by Gasteiger charge is 2.29. The Labute approximate surface area is 166 Å². The lowest BCUT2D eigenvalue weighted by Crippen LogP contribution is -2.31. The summed E-state index contributed by atoms with van der Waals surface area (Å²) in [6.45, 7) is 0. The summed E-state index contributed by atoms with van der Waals surface area (Å²) in [4.78, 5) is 15.4. The standard InChI is InChI=1S/C21H19N5O3/c27-21(28)23-15-9-10-16(11-15)26-18(12-22-25-26)13-5-7-14(8-6-13)20-24-17-3-1-2-4-19(17)29-20/h1-8,12,15-16,23H,9-11H2,(H,27,28)/t15-,16+/m0/s1. The number of hydrogen-bond acceptors (Lipinski definition) is 5. The van der Waals surface area contributed by atoms with Crippen molar-refractivity contribution in [3.05, 3.63) is 54.7 Å². The lowest BCUT2D eigenvalue weighted by Gasteiger charge is -2.14. The number of para-hydroxylation sites is 2. The third-order valence-corrected chi connectivity index (χ3v) is 5.37. The zero-order chi connectivity index (χ0) is 19.8. The van der Waals surface area contributed by atoms with Crippen molar-refractivity contribution in [3.63, 3.8) is 0 Å². The molecule has 1 saturated carbocycles. The number of nitrogens with one attached hydrogen (secondary N) is 1. The summed E-state index contributed by atoms with van der Waals surface area (Å²) < 4.78 is 7.74. The van der Waals surface area contributed by atoms with Gasteiger partial charge >= 0.3 is 6.09 Å². The fraction of sp³-hybridized carbons (Fsp3) is 0.238. The summed E-state index contributed by atoms with van der Waals surface area (Å²) >= 11 is 0. The van der Waals surface area contributed by atoms with Crippen LogP contribution in [0.15, 0.2) is 59.1 Å². The van der Waals surface area contributed by atoms with Gasteiger partial charge < -0.3 is 14.8 Å². The molecule has 1 amide bonds. The summed E-state index contributed by atoms with van der Waals surface area (Å²) in [6, 6.07) is 15.7. The molecular weight excluding hydrogens is 370 g/mol. The van der Waals surface area contributed by atoms with Crippen molar-refractivity contribution in [1.82, 2.24) is 25.3 Å². The molecule has 146 valence electrons. The molecule has 2 heterocycles. The smallest absolute Gasteiger partial charge is 0.404 e. The maximum atomic E-state index is 10.9. The Morgan fingerprint density at radius 2 is 1.90 bits per heavy atom. The number of carboxylic acid groups (broad SMARTS) is 1. The van der Waals surface area contributed by atoms with E-state index < -0.39 is 6.09 Å². The third-order valence-electron chi connectivity index (χ3n) is 5.37. The fourth-order valence-electron chi connectivity index (χ4n) is 3.98. The second-order valence-electron chi connectivity index (χ2n) is 7.24. The molecule has 2 aromatic heterocycles. The number of oxazole rings is 1. The zero-order valence-electron chi connectivity index (χ0n) is 15.5. The Kier molecular flexibility index (Phi) is 4.23. The molecule has 2 atom stereocenters. The maximum Gasteiger partial charge on any atom is 0.404 e. The van der Waals surface area contributed by atoms with Gasteiger partial charge in [0.05, 0.1) is 17.9 Å². The van der Waals surface area contributed by atoms with Crippen LogP contribution < -0.4 is 5.32 Å². The van der Waals surface area contributed by atoms with Crippen molar-refractivity contribution < 1.29 is 14.3 Å². The van der Waals surface area contributed by atoms with E-state index in [0.29, 0.717) is 12.3 Å². The van der Waals surface area contributed by atoms with Crippen LogP contribution in [0.25, 0.3) is 33.8 Å². The summed E-state index contributed by atoms with van der Waals surface area (Å²) in [5.41, 5.74) is 4.40. The lowest BCUT2D eigenvalue weighted by molar-refractivity contribution is 0.189. The average molecular weight is 389 g/mol. The Bertz CT molecular complexity index is 1130. The monoisotopic (exact) mass is 389 g/mol. The van der Waals surface area contributed by atoms with Gasteiger partial charge in [0.15, 0.2) is 5.58 Å². The first-order valence-corrected chi connectivity index (χ1v) is 9.53. The molecule has 0 radical (unpaired) electrons. The number of amides is 1. The van der Waals surface area contributed by atoms with E-state index in [9.17, 15) is 4.79 Å². The van der Waals surface area contributed by atoms with Gasteiger partial charge in [-0.05, 0) is 43.5 Å². The Morgan fingerprint density at radius 3 is 2.69 bits per heavy atom. The average Bonchev–Trinajstić information content (AvgIpc) is 3.46. The number of rotatable bonds is 4. The molecule has 2 N–H and O–H groups in total. The second kappa shape index (κ2) is 7.05. The summed E-state index contributed by atoms with van der Waals surface area (Å²) in [6.07, 6.45) is 3.13. The van der Waals surface area contributed by atoms with E-state index in [1.807, 2.05) is 53.2 Å². The molecule has 8 nitrogen and oxygen atoms in total. The fourth-order valence-corrected chi connectivity index (χ4v) is 3.98. The van der Waals surface area contributed by atoms with Crippen LogP contribution in [0.4, 0.5) is 4.79 Å². The van der Waals surface area contributed by atoms with Crippen LogP contribution in [-0.2, 0) is 0 Å². The Hall–Kier alpha value is -3.68. The zero-order valence-corrected chi connectivity index (χ0v) is 15.5. The predicted octanol–water partition coefficient (Wildman–Crippen LogP) is 4.11. The Balaban J connectivity index is 1.39. The van der Waals surface area contributed by atoms with Crippen LogP contribution in [0.2, 0.25) is 0 Å². The predicted molar refractivity (Wildman–Crippen MR) is 106 cm³/mol. The molecule has 0 unspecified atom stereocenters. The minimum Gasteiger partial charge on any atom is -0.465 e. The molecule has 29 heavy (non-hydrogen) atoms. The van der Waals surface area contributed by atoms with E-state index in [4.69, 9.17) is 9.52 Å². The van der Waals surface area contributed by atoms with Gasteiger partial charge in [-0.2, -0.15) is 0 Å². The van der Waals surface area contributed by atoms with Gasteiger partial charge in [0.2, 0.25) is 5.89 Å². The quantitative estimate of drug-likeness (QED) is 0.544. The highest BCUT2D eigenvalue weighted by molar-refractivity contribution is 5.76. The van der Waals surface area contributed by atoms with Crippen molar-refractivity contribution in [2.45, 2.75) is 31.3 Å². The van der Waals surface area contributed by atoms with E-state index >= 15 is 0 Å². The van der Waals surface area contributed by atoms with Gasteiger partial charge in [0, 0.05) is 17.2 Å². The van der Waals surface area contributed by atoms with E-state index in [1.54, 1.807) is 6.20 Å². The van der Waals surface area contributed by atoms with E-state index in [-0.39, 0.29) is 12.1 Å². The number of carbonyl (C=O) groups is 1. The van der Waals surface area contributed by atoms with Gasteiger partial charge in [-0.1, -0.05) is 29.5 Å². The van der Waals surface area contributed by atoms with Gasteiger partial charge in [-0.15, -0.1) is 5.10 Å². The minimum absolute atomic E-state index is 0.0453. The van der Waals surface area contributed by atoms with E-state index in [1.165, 1.54) is 0 Å². The third kappa shape index (κ3) is 3.33. The highest BCUT2D eigenvalue weighted by Crippen LogP contribution is 2.33. The number of nitrogens with zero attached hydrogens (tertiary/aromatic N) is 4. The van der Waals surface area contributed by atoms with Crippen molar-refractivity contribution >= 4 is 17.2 Å². The number of fused-ring (bicyclic) bond motifs is 1. The number of aromatic nitrogens is 4. The van der Waals surface area contributed by atoms with Gasteiger partial charge in [0.1, 0.15) is 5.52 Å². The molecule has 1 fully saturated rings. The molecule has 5 rings (SSSR count). The van der Waals surface area contributed by atoms with Crippen molar-refractivity contribution in [2.24, 2.45) is 0 Å². The highest BCUT2D eigenvalue weighted by atomic mass is 16.4. The van der Waals surface area contributed by atoms with Gasteiger partial charge in [-0.25, -0.2) is 14.5 Å². The van der Waals surface area contributed by atoms with Crippen LogP contribution in [0, 0.1) is 0 Å². The molecule has 0 bridgehead atoms. The molecule has 8 heteroatoms. The lowest BCUT2D eigenvalue weighted by atomic mass is 10.1. The van der Waals surface area contributed by atoms with E-state index in [2.05, 4.69) is 20.6 Å². The van der Waals surface area contributed by atoms with Crippen molar-refractivity contribution in [1.29, 1.82) is 0 Å². The topological polar surface area (TPSA) is 106 Å². The summed E-state index contributed by atoms with van der Waals surface area (Å²) in [5, 5.41) is 19.8. The Morgan fingerprint density at radius 1 is 1.10 bits per heavy atom.